The highest BCUT2D eigenvalue weighted by Crippen LogP contribution is 2.51. The van der Waals surface area contributed by atoms with Gasteiger partial charge in [0.1, 0.15) is 0 Å². The highest BCUT2D eigenvalue weighted by atomic mass is 16.6. The van der Waals surface area contributed by atoms with E-state index in [2.05, 4.69) is 22.6 Å². The first-order valence-corrected chi connectivity index (χ1v) is 10.2. The number of amides is 2. The minimum atomic E-state index is -0.304. The lowest BCUT2D eigenvalue weighted by Crippen LogP contribution is -2.56. The van der Waals surface area contributed by atoms with Crippen molar-refractivity contribution in [1.82, 2.24) is 15.1 Å². The predicted octanol–water partition coefficient (Wildman–Crippen LogP) is 2.72. The van der Waals surface area contributed by atoms with E-state index in [9.17, 15) is 14.9 Å². The number of urea groups is 1. The summed E-state index contributed by atoms with van der Waals surface area (Å²) in [6.07, 6.45) is 1.88. The second-order valence-corrected chi connectivity index (χ2v) is 8.23. The van der Waals surface area contributed by atoms with E-state index in [0.29, 0.717) is 25.0 Å². The summed E-state index contributed by atoms with van der Waals surface area (Å²) in [5.41, 5.74) is 3.43. The molecule has 152 valence electrons. The topological polar surface area (TPSA) is 90.8 Å². The number of nitrogens with zero attached hydrogens (tertiary/aromatic N) is 3. The van der Waals surface area contributed by atoms with Crippen molar-refractivity contribution in [3.63, 3.8) is 0 Å². The molecule has 4 atom stereocenters. The van der Waals surface area contributed by atoms with Crippen molar-refractivity contribution in [2.75, 3.05) is 38.5 Å². The van der Waals surface area contributed by atoms with Gasteiger partial charge in [-0.1, -0.05) is 0 Å². The fourth-order valence-corrected chi connectivity index (χ4v) is 5.39. The van der Waals surface area contributed by atoms with E-state index in [4.69, 9.17) is 0 Å². The van der Waals surface area contributed by atoms with Gasteiger partial charge in [-0.25, -0.2) is 4.79 Å². The van der Waals surface area contributed by atoms with E-state index < -0.39 is 0 Å². The summed E-state index contributed by atoms with van der Waals surface area (Å²) < 4.78 is 0. The molecule has 0 spiro atoms. The number of carbonyl (C=O) groups is 1. The van der Waals surface area contributed by atoms with Crippen molar-refractivity contribution in [2.45, 2.75) is 50.6 Å². The van der Waals surface area contributed by atoms with Crippen molar-refractivity contribution in [2.24, 2.45) is 0 Å². The van der Waals surface area contributed by atoms with Crippen molar-refractivity contribution >= 4 is 17.4 Å². The smallest absolute Gasteiger partial charge is 0.317 e. The van der Waals surface area contributed by atoms with E-state index in [1.54, 1.807) is 17.0 Å². The van der Waals surface area contributed by atoms with Gasteiger partial charge >= 0.3 is 6.03 Å². The molecule has 1 saturated heterocycles. The molecule has 1 aromatic carbocycles. The van der Waals surface area contributed by atoms with Crippen molar-refractivity contribution < 1.29 is 9.72 Å². The maximum Gasteiger partial charge on any atom is 0.317 e. The van der Waals surface area contributed by atoms with Gasteiger partial charge in [-0.15, -0.1) is 0 Å². The summed E-state index contributed by atoms with van der Waals surface area (Å²) in [5.74, 6) is 0.613. The zero-order valence-corrected chi connectivity index (χ0v) is 16.8. The van der Waals surface area contributed by atoms with Crippen LogP contribution in [0.2, 0.25) is 0 Å². The zero-order valence-electron chi connectivity index (χ0n) is 16.8. The molecule has 0 radical (unpaired) electrons. The average molecular weight is 387 g/mol. The van der Waals surface area contributed by atoms with Crippen LogP contribution in [0.15, 0.2) is 12.1 Å². The van der Waals surface area contributed by atoms with E-state index in [1.807, 2.05) is 13.8 Å². The van der Waals surface area contributed by atoms with Gasteiger partial charge in [0.05, 0.1) is 4.92 Å². The van der Waals surface area contributed by atoms with Gasteiger partial charge in [-0.2, -0.15) is 0 Å². The molecule has 2 amide bonds. The fraction of sp³-hybridized carbons (Fsp3) is 0.650. The van der Waals surface area contributed by atoms with Gasteiger partial charge in [0.15, 0.2) is 0 Å². The number of nitrogens with one attached hydrogen (secondary N) is 2. The Balaban J connectivity index is 1.63. The molecule has 8 heteroatoms. The number of nitro groups is 1. The van der Waals surface area contributed by atoms with Gasteiger partial charge in [0, 0.05) is 67.9 Å². The first kappa shape index (κ1) is 19.0. The van der Waals surface area contributed by atoms with E-state index in [-0.39, 0.29) is 28.6 Å². The third-order valence-corrected chi connectivity index (χ3v) is 6.74. The van der Waals surface area contributed by atoms with Crippen LogP contribution < -0.4 is 10.6 Å². The van der Waals surface area contributed by atoms with E-state index in [0.717, 1.165) is 37.2 Å². The maximum atomic E-state index is 12.5. The molecule has 0 bridgehead atoms. The number of hydrogen-bond acceptors (Lipinski definition) is 5. The minimum Gasteiger partial charge on any atom is -0.384 e. The largest absolute Gasteiger partial charge is 0.384 e. The van der Waals surface area contributed by atoms with E-state index in [1.165, 1.54) is 5.56 Å². The number of piperidine rings is 1. The lowest BCUT2D eigenvalue weighted by molar-refractivity contribution is -0.384. The molecule has 3 aliphatic rings. The minimum absolute atomic E-state index is 0.0264. The van der Waals surface area contributed by atoms with Gasteiger partial charge < -0.3 is 20.4 Å². The van der Waals surface area contributed by atoms with Crippen LogP contribution in [-0.4, -0.2) is 66.1 Å². The molecule has 2 N–H and O–H groups in total. The van der Waals surface area contributed by atoms with Gasteiger partial charge in [0.25, 0.3) is 5.69 Å². The van der Waals surface area contributed by atoms with E-state index >= 15 is 0 Å². The molecular formula is C20H29N5O3. The normalized spacial score (nSPS) is 28.1. The molecule has 1 aliphatic carbocycles. The quantitative estimate of drug-likeness (QED) is 0.612. The number of fused-ring (bicyclic) bond motifs is 2. The summed E-state index contributed by atoms with van der Waals surface area (Å²) in [6, 6.07) is 3.82. The summed E-state index contributed by atoms with van der Waals surface area (Å²) >= 11 is 0. The second kappa shape index (κ2) is 7.24. The Hall–Kier alpha value is -2.35. The number of rotatable bonds is 4. The summed E-state index contributed by atoms with van der Waals surface area (Å²) in [7, 11) is 2.11. The fourth-order valence-electron chi connectivity index (χ4n) is 5.39. The first-order chi connectivity index (χ1) is 13.4. The molecule has 1 fully saturated rings. The van der Waals surface area contributed by atoms with Gasteiger partial charge in [-0.05, 0) is 44.9 Å². The van der Waals surface area contributed by atoms with Crippen LogP contribution in [0.3, 0.4) is 0 Å². The van der Waals surface area contributed by atoms with Crippen LogP contribution in [-0.2, 0) is 0 Å². The monoisotopic (exact) mass is 387 g/mol. The third kappa shape index (κ3) is 3.09. The SMILES string of the molecule is CCN(CC)C(=O)N[C@H]1C[C@@H]2c3cc([N+](=O)[O-])cc4c3[C@@H](CN4)C[C@H]2N(C)C1. The Kier molecular flexibility index (Phi) is 4.91. The summed E-state index contributed by atoms with van der Waals surface area (Å²) in [4.78, 5) is 27.8. The Bertz CT molecular complexity index is 794. The van der Waals surface area contributed by atoms with Crippen LogP contribution >= 0.6 is 0 Å². The zero-order chi connectivity index (χ0) is 20.0. The number of likely N-dealkylation sites (tertiary alicyclic amines) is 1. The highest BCUT2D eigenvalue weighted by molar-refractivity contribution is 5.74. The van der Waals surface area contributed by atoms with Crippen LogP contribution in [0.25, 0.3) is 0 Å². The molecule has 2 aliphatic heterocycles. The highest BCUT2D eigenvalue weighted by Gasteiger charge is 2.45. The summed E-state index contributed by atoms with van der Waals surface area (Å²) in [5, 5.41) is 18.0. The van der Waals surface area contributed by atoms with Crippen LogP contribution in [0, 0.1) is 10.1 Å². The van der Waals surface area contributed by atoms with Gasteiger partial charge in [0.2, 0.25) is 0 Å². The number of anilines is 1. The molecule has 0 aromatic heterocycles. The van der Waals surface area contributed by atoms with Crippen molar-refractivity contribution in [3.05, 3.63) is 33.4 Å². The van der Waals surface area contributed by atoms with Crippen molar-refractivity contribution in [3.8, 4) is 0 Å². The first-order valence-electron chi connectivity index (χ1n) is 10.2. The number of benzene rings is 1. The lowest BCUT2D eigenvalue weighted by atomic mass is 9.69. The molecule has 0 unspecified atom stereocenters. The number of carbonyl (C=O) groups excluding carboxylic acids is 1. The maximum absolute atomic E-state index is 12.5. The van der Waals surface area contributed by atoms with Gasteiger partial charge in [-0.3, -0.25) is 10.1 Å². The Morgan fingerprint density at radius 2 is 2.11 bits per heavy atom. The lowest BCUT2D eigenvalue weighted by Gasteiger charge is -2.47. The number of hydrogen-bond donors (Lipinski definition) is 2. The predicted molar refractivity (Wildman–Crippen MR) is 108 cm³/mol. The Labute approximate surface area is 165 Å². The molecule has 8 nitrogen and oxygen atoms in total. The Morgan fingerprint density at radius 1 is 1.36 bits per heavy atom. The molecule has 4 rings (SSSR count). The van der Waals surface area contributed by atoms with Crippen LogP contribution in [0.4, 0.5) is 16.2 Å². The molecule has 2 heterocycles. The number of nitro benzene ring substituents is 1. The number of likely N-dealkylation sites (N-methyl/N-ethyl adjacent to an activating group) is 1. The number of non-ortho nitro benzene ring substituents is 1. The molecule has 0 saturated carbocycles. The Morgan fingerprint density at radius 3 is 2.79 bits per heavy atom. The average Bonchev–Trinajstić information content (AvgIpc) is 3.07. The molecular weight excluding hydrogens is 358 g/mol. The van der Waals surface area contributed by atoms with Crippen LogP contribution in [0.1, 0.15) is 49.7 Å². The standard InChI is InChI=1S/C20H29N5O3/c1-4-24(5-2)20(26)22-13-7-15-16-8-14(25(27)28)9-17-19(16)12(10-21-17)6-18(15)23(3)11-13/h8-9,12-13,15,18,21H,4-7,10-11H2,1-3H3,(H,22,26)/t12-,13+,15-,18-/m1/s1. The van der Waals surface area contributed by atoms with Crippen LogP contribution in [0.5, 0.6) is 0 Å². The third-order valence-electron chi connectivity index (χ3n) is 6.74. The summed E-state index contributed by atoms with van der Waals surface area (Å²) in [6.45, 7) is 6.99. The molecule has 28 heavy (non-hydrogen) atoms. The second-order valence-electron chi connectivity index (χ2n) is 8.23. The molecule has 1 aromatic rings. The van der Waals surface area contributed by atoms with Crippen molar-refractivity contribution in [1.29, 1.82) is 0 Å².